The van der Waals surface area contributed by atoms with Crippen LogP contribution in [0.15, 0.2) is 82.2 Å². The highest BCUT2D eigenvalue weighted by molar-refractivity contribution is 8.04. The molecule has 0 atom stereocenters. The minimum atomic E-state index is -0.508. The Kier molecular flexibility index (Phi) is 7.14. The maximum Gasteiger partial charge on any atom is 0.283 e. The number of hydrogen-bond acceptors (Lipinski definition) is 6. The average molecular weight is 495 g/mol. The number of ether oxygens (including phenoxy) is 2. The van der Waals surface area contributed by atoms with Crippen molar-refractivity contribution in [1.82, 2.24) is 0 Å². The van der Waals surface area contributed by atoms with E-state index in [0.717, 1.165) is 15.4 Å². The number of nitrogens with zero attached hydrogens (tertiary/aromatic N) is 1. The first-order valence-corrected chi connectivity index (χ1v) is 11.8. The van der Waals surface area contributed by atoms with Gasteiger partial charge in [-0.3, -0.25) is 9.59 Å². The fourth-order valence-electron chi connectivity index (χ4n) is 3.48. The third-order valence-corrected chi connectivity index (χ3v) is 6.44. The number of benzene rings is 3. The van der Waals surface area contributed by atoms with Crippen molar-refractivity contribution in [2.45, 2.75) is 18.7 Å². The van der Waals surface area contributed by atoms with Crippen molar-refractivity contribution in [2.24, 2.45) is 0 Å². The number of aryl methyl sites for hydroxylation is 1. The number of halogens is 1. The number of anilines is 2. The molecule has 3 aromatic rings. The van der Waals surface area contributed by atoms with Gasteiger partial charge in [0, 0.05) is 9.92 Å². The number of imide groups is 1. The summed E-state index contributed by atoms with van der Waals surface area (Å²) in [4.78, 5) is 29.5. The van der Waals surface area contributed by atoms with Crippen molar-refractivity contribution in [1.29, 1.82) is 0 Å². The molecule has 6 nitrogen and oxygen atoms in total. The van der Waals surface area contributed by atoms with E-state index in [4.69, 9.17) is 21.1 Å². The molecule has 1 aliphatic rings. The summed E-state index contributed by atoms with van der Waals surface area (Å²) < 4.78 is 11.1. The number of thioether (sulfide) groups is 1. The summed E-state index contributed by atoms with van der Waals surface area (Å²) in [5.74, 6) is -0.0306. The van der Waals surface area contributed by atoms with Crippen LogP contribution in [-0.4, -0.2) is 25.5 Å². The second-order valence-electron chi connectivity index (χ2n) is 7.44. The number of rotatable bonds is 8. The lowest BCUT2D eigenvalue weighted by Crippen LogP contribution is -2.32. The Bertz CT molecular complexity index is 1270. The standard InChI is InChI=1S/C26H23ClN2O4S/c1-4-33-21-8-6-5-7-19(21)28-23-24(34-18-12-9-16(2)10-13-18)26(31)29(25(23)30)20-15-17(27)11-14-22(20)32-3/h5-15,28H,4H2,1-3H3. The van der Waals surface area contributed by atoms with Crippen molar-refractivity contribution in [2.75, 3.05) is 23.9 Å². The van der Waals surface area contributed by atoms with E-state index in [-0.39, 0.29) is 16.3 Å². The van der Waals surface area contributed by atoms with E-state index in [9.17, 15) is 9.59 Å². The molecular formula is C26H23ClN2O4S. The third-order valence-electron chi connectivity index (χ3n) is 5.11. The van der Waals surface area contributed by atoms with Gasteiger partial charge in [0.2, 0.25) is 0 Å². The van der Waals surface area contributed by atoms with Gasteiger partial charge >= 0.3 is 0 Å². The van der Waals surface area contributed by atoms with Gasteiger partial charge in [-0.1, -0.05) is 53.2 Å². The van der Waals surface area contributed by atoms with Crippen molar-refractivity contribution in [3.63, 3.8) is 0 Å². The summed E-state index contributed by atoms with van der Waals surface area (Å²) in [6, 6.07) is 19.8. The minimum absolute atomic E-state index is 0.157. The summed E-state index contributed by atoms with van der Waals surface area (Å²) in [6.45, 7) is 4.33. The van der Waals surface area contributed by atoms with Crippen molar-refractivity contribution >= 4 is 46.6 Å². The summed E-state index contributed by atoms with van der Waals surface area (Å²) in [7, 11) is 1.48. The monoisotopic (exact) mass is 494 g/mol. The molecule has 0 radical (unpaired) electrons. The Morgan fingerprint density at radius 1 is 0.971 bits per heavy atom. The van der Waals surface area contributed by atoms with E-state index < -0.39 is 11.8 Å². The molecule has 0 aliphatic carbocycles. The normalized spacial score (nSPS) is 13.5. The molecule has 174 valence electrons. The minimum Gasteiger partial charge on any atom is -0.495 e. The molecule has 3 aromatic carbocycles. The zero-order valence-electron chi connectivity index (χ0n) is 18.9. The highest BCUT2D eigenvalue weighted by atomic mass is 35.5. The van der Waals surface area contributed by atoms with Gasteiger partial charge in [0.25, 0.3) is 11.8 Å². The first kappa shape index (κ1) is 23.7. The predicted molar refractivity (Wildman–Crippen MR) is 136 cm³/mol. The summed E-state index contributed by atoms with van der Waals surface area (Å²) in [6.07, 6.45) is 0. The predicted octanol–water partition coefficient (Wildman–Crippen LogP) is 6.04. The lowest BCUT2D eigenvalue weighted by atomic mass is 10.2. The van der Waals surface area contributed by atoms with Gasteiger partial charge in [-0.2, -0.15) is 0 Å². The molecule has 0 spiro atoms. The largest absolute Gasteiger partial charge is 0.495 e. The zero-order valence-corrected chi connectivity index (χ0v) is 20.5. The number of amides is 2. The molecular weight excluding hydrogens is 472 g/mol. The maximum absolute atomic E-state index is 13.7. The lowest BCUT2D eigenvalue weighted by Gasteiger charge is -2.19. The van der Waals surface area contributed by atoms with E-state index in [2.05, 4.69) is 5.32 Å². The first-order chi connectivity index (χ1) is 16.4. The molecule has 34 heavy (non-hydrogen) atoms. The molecule has 0 unspecified atom stereocenters. The maximum atomic E-state index is 13.7. The van der Waals surface area contributed by atoms with Crippen LogP contribution >= 0.6 is 23.4 Å². The molecule has 1 aliphatic heterocycles. The number of carbonyl (C=O) groups is 2. The Morgan fingerprint density at radius 2 is 1.71 bits per heavy atom. The van der Waals surface area contributed by atoms with E-state index in [1.165, 1.54) is 18.9 Å². The molecule has 1 N–H and O–H groups in total. The van der Waals surface area contributed by atoms with Crippen LogP contribution in [0, 0.1) is 6.92 Å². The molecule has 1 heterocycles. The summed E-state index contributed by atoms with van der Waals surface area (Å²) >= 11 is 7.42. The van der Waals surface area contributed by atoms with Crippen LogP contribution in [-0.2, 0) is 9.59 Å². The number of hydrogen-bond donors (Lipinski definition) is 1. The molecule has 0 aromatic heterocycles. The van der Waals surface area contributed by atoms with Crippen LogP contribution in [0.25, 0.3) is 0 Å². The number of para-hydroxylation sites is 2. The Labute approximate surface area is 207 Å². The molecule has 0 saturated heterocycles. The van der Waals surface area contributed by atoms with Crippen molar-refractivity contribution in [3.8, 4) is 11.5 Å². The van der Waals surface area contributed by atoms with Gasteiger partial charge in [0.1, 0.15) is 22.1 Å². The van der Waals surface area contributed by atoms with Crippen LogP contribution in [0.1, 0.15) is 12.5 Å². The fourth-order valence-corrected chi connectivity index (χ4v) is 4.57. The highest BCUT2D eigenvalue weighted by Crippen LogP contribution is 2.42. The molecule has 2 amide bonds. The fraction of sp³-hybridized carbons (Fsp3) is 0.154. The zero-order chi connectivity index (χ0) is 24.2. The van der Waals surface area contributed by atoms with Crippen LogP contribution in [0.5, 0.6) is 11.5 Å². The van der Waals surface area contributed by atoms with Gasteiger partial charge in [0.15, 0.2) is 0 Å². The molecule has 0 saturated carbocycles. The van der Waals surface area contributed by atoms with Gasteiger partial charge in [-0.25, -0.2) is 4.90 Å². The molecule has 0 bridgehead atoms. The highest BCUT2D eigenvalue weighted by Gasteiger charge is 2.41. The Hall–Kier alpha value is -3.42. The SMILES string of the molecule is CCOc1ccccc1NC1=C(Sc2ccc(C)cc2)C(=O)N(c2cc(Cl)ccc2OC)C1=O. The third kappa shape index (κ3) is 4.76. The second kappa shape index (κ2) is 10.2. The van der Waals surface area contributed by atoms with E-state index in [1.807, 2.05) is 50.2 Å². The van der Waals surface area contributed by atoms with Crippen molar-refractivity contribution < 1.29 is 19.1 Å². The van der Waals surface area contributed by atoms with Crippen LogP contribution in [0.3, 0.4) is 0 Å². The lowest BCUT2D eigenvalue weighted by molar-refractivity contribution is -0.120. The number of nitrogens with one attached hydrogen (secondary N) is 1. The van der Waals surface area contributed by atoms with Gasteiger partial charge in [-0.05, 0) is 56.3 Å². The smallest absolute Gasteiger partial charge is 0.283 e. The van der Waals surface area contributed by atoms with E-state index >= 15 is 0 Å². The van der Waals surface area contributed by atoms with E-state index in [1.54, 1.807) is 30.3 Å². The van der Waals surface area contributed by atoms with Crippen molar-refractivity contribution in [3.05, 3.63) is 87.9 Å². The Balaban J connectivity index is 1.80. The summed E-state index contributed by atoms with van der Waals surface area (Å²) in [5.41, 5.74) is 2.12. The number of methoxy groups -OCH3 is 1. The van der Waals surface area contributed by atoms with Gasteiger partial charge < -0.3 is 14.8 Å². The molecule has 8 heteroatoms. The number of carbonyl (C=O) groups excluding carboxylic acids is 2. The summed E-state index contributed by atoms with van der Waals surface area (Å²) in [5, 5.41) is 3.54. The quantitative estimate of drug-likeness (QED) is 0.385. The van der Waals surface area contributed by atoms with Crippen LogP contribution in [0.4, 0.5) is 11.4 Å². The van der Waals surface area contributed by atoms with E-state index in [0.29, 0.717) is 28.8 Å². The van der Waals surface area contributed by atoms with Crippen LogP contribution < -0.4 is 19.7 Å². The van der Waals surface area contributed by atoms with Gasteiger partial charge in [-0.15, -0.1) is 0 Å². The average Bonchev–Trinajstić information content (AvgIpc) is 3.05. The first-order valence-electron chi connectivity index (χ1n) is 10.6. The molecule has 0 fully saturated rings. The van der Waals surface area contributed by atoms with Gasteiger partial charge in [0.05, 0.1) is 25.1 Å². The van der Waals surface area contributed by atoms with Crippen LogP contribution in [0.2, 0.25) is 5.02 Å². The topological polar surface area (TPSA) is 67.9 Å². The molecule has 4 rings (SSSR count). The Morgan fingerprint density at radius 3 is 2.41 bits per heavy atom. The second-order valence-corrected chi connectivity index (χ2v) is 8.96.